The zero-order valence-electron chi connectivity index (χ0n) is 10.5. The summed E-state index contributed by atoms with van der Waals surface area (Å²) >= 11 is 0. The highest BCUT2D eigenvalue weighted by Gasteiger charge is 2.20. The maximum atomic E-state index is 12.0. The lowest BCUT2D eigenvalue weighted by molar-refractivity contribution is -0.123. The van der Waals surface area contributed by atoms with E-state index < -0.39 is 0 Å². The second kappa shape index (κ2) is 6.58. The third-order valence-corrected chi connectivity index (χ3v) is 3.79. The minimum Gasteiger partial charge on any atom is -0.299 e. The Hall–Kier alpha value is -1.11. The first kappa shape index (κ1) is 12.3. The summed E-state index contributed by atoms with van der Waals surface area (Å²) in [6.07, 6.45) is 8.96. The van der Waals surface area contributed by atoms with Crippen LogP contribution in [0.1, 0.15) is 50.5 Å². The first-order valence-electron chi connectivity index (χ1n) is 6.93. The Morgan fingerprint density at radius 1 is 1.06 bits per heavy atom. The van der Waals surface area contributed by atoms with Crippen molar-refractivity contribution in [1.82, 2.24) is 0 Å². The summed E-state index contributed by atoms with van der Waals surface area (Å²) < 4.78 is 0. The molecule has 0 amide bonds. The van der Waals surface area contributed by atoms with Gasteiger partial charge >= 0.3 is 0 Å². The minimum atomic E-state index is 0.388. The van der Waals surface area contributed by atoms with Gasteiger partial charge in [-0.1, -0.05) is 49.6 Å². The molecule has 1 heteroatoms. The van der Waals surface area contributed by atoms with E-state index in [4.69, 9.17) is 0 Å². The molecule has 1 aromatic rings. The Morgan fingerprint density at radius 3 is 2.47 bits per heavy atom. The summed E-state index contributed by atoms with van der Waals surface area (Å²) in [4.78, 5) is 12.0. The number of carbonyl (C=O) groups excluding carboxylic acids is 1. The number of Topliss-reactive ketones (excluding diaryl/α,β-unsaturated/α-hetero) is 1. The number of carbonyl (C=O) groups is 1. The molecule has 1 nitrogen and oxygen atoms in total. The smallest absolute Gasteiger partial charge is 0.135 e. The van der Waals surface area contributed by atoms with Crippen molar-refractivity contribution in [3.8, 4) is 0 Å². The van der Waals surface area contributed by atoms with Crippen LogP contribution in [-0.2, 0) is 11.2 Å². The molecule has 0 N–H and O–H groups in total. The highest BCUT2D eigenvalue weighted by atomic mass is 16.1. The molecular weight excluding hydrogens is 208 g/mol. The van der Waals surface area contributed by atoms with Crippen molar-refractivity contribution in [1.29, 1.82) is 0 Å². The first-order chi connectivity index (χ1) is 8.36. The fourth-order valence-electron chi connectivity index (χ4n) is 2.74. The van der Waals surface area contributed by atoms with Crippen LogP contribution in [-0.4, -0.2) is 5.78 Å². The molecule has 2 rings (SSSR count). The average molecular weight is 230 g/mol. The SMILES string of the molecule is O=C(CCCc1ccccc1)C1CCCCC1. The standard InChI is InChI=1S/C16H22O/c17-16(15-11-5-2-6-12-15)13-7-10-14-8-3-1-4-9-14/h1,3-4,8-9,15H,2,5-7,10-13H2. The summed E-state index contributed by atoms with van der Waals surface area (Å²) in [7, 11) is 0. The largest absolute Gasteiger partial charge is 0.299 e. The van der Waals surface area contributed by atoms with Crippen molar-refractivity contribution in [3.63, 3.8) is 0 Å². The number of hydrogen-bond acceptors (Lipinski definition) is 1. The lowest BCUT2D eigenvalue weighted by atomic mass is 9.84. The second-order valence-electron chi connectivity index (χ2n) is 5.14. The molecule has 0 unspecified atom stereocenters. The van der Waals surface area contributed by atoms with E-state index in [1.807, 2.05) is 6.07 Å². The molecule has 1 saturated carbocycles. The van der Waals surface area contributed by atoms with Crippen LogP contribution in [0.25, 0.3) is 0 Å². The monoisotopic (exact) mass is 230 g/mol. The van der Waals surface area contributed by atoms with E-state index >= 15 is 0 Å². The highest BCUT2D eigenvalue weighted by Crippen LogP contribution is 2.25. The summed E-state index contributed by atoms with van der Waals surface area (Å²) in [5.74, 6) is 0.903. The van der Waals surface area contributed by atoms with Crippen LogP contribution in [0.5, 0.6) is 0 Å². The molecule has 0 aliphatic heterocycles. The third-order valence-electron chi connectivity index (χ3n) is 3.79. The Labute approximate surface area is 104 Å². The van der Waals surface area contributed by atoms with Gasteiger partial charge in [0.25, 0.3) is 0 Å². The quantitative estimate of drug-likeness (QED) is 0.742. The van der Waals surface area contributed by atoms with Gasteiger partial charge in [0.15, 0.2) is 0 Å². The number of benzene rings is 1. The van der Waals surface area contributed by atoms with E-state index in [0.29, 0.717) is 11.7 Å². The molecule has 0 saturated heterocycles. The van der Waals surface area contributed by atoms with Gasteiger partial charge in [-0.25, -0.2) is 0 Å². The van der Waals surface area contributed by atoms with Gasteiger partial charge in [0, 0.05) is 12.3 Å². The number of hydrogen-bond donors (Lipinski definition) is 0. The fourth-order valence-corrected chi connectivity index (χ4v) is 2.74. The fraction of sp³-hybridized carbons (Fsp3) is 0.562. The van der Waals surface area contributed by atoms with Crippen molar-refractivity contribution in [3.05, 3.63) is 35.9 Å². The summed E-state index contributed by atoms with van der Waals surface area (Å²) in [6.45, 7) is 0. The predicted octanol–water partition coefficient (Wildman–Crippen LogP) is 4.16. The average Bonchev–Trinajstić information content (AvgIpc) is 2.41. The molecule has 1 aliphatic rings. The van der Waals surface area contributed by atoms with Crippen LogP contribution >= 0.6 is 0 Å². The molecule has 0 aromatic heterocycles. The zero-order valence-corrected chi connectivity index (χ0v) is 10.5. The molecule has 1 aromatic carbocycles. The Kier molecular flexibility index (Phi) is 4.78. The van der Waals surface area contributed by atoms with Gasteiger partial charge in [-0.2, -0.15) is 0 Å². The van der Waals surface area contributed by atoms with Gasteiger partial charge < -0.3 is 0 Å². The molecule has 0 heterocycles. The van der Waals surface area contributed by atoms with E-state index in [-0.39, 0.29) is 0 Å². The maximum Gasteiger partial charge on any atom is 0.135 e. The predicted molar refractivity (Wildman–Crippen MR) is 71.0 cm³/mol. The normalized spacial score (nSPS) is 16.9. The van der Waals surface area contributed by atoms with Gasteiger partial charge in [-0.05, 0) is 31.2 Å². The Balaban J connectivity index is 1.69. The topological polar surface area (TPSA) is 17.1 Å². The molecule has 92 valence electrons. The second-order valence-corrected chi connectivity index (χ2v) is 5.14. The van der Waals surface area contributed by atoms with E-state index in [1.54, 1.807) is 0 Å². The van der Waals surface area contributed by atoms with E-state index in [9.17, 15) is 4.79 Å². The van der Waals surface area contributed by atoms with Crippen molar-refractivity contribution in [2.75, 3.05) is 0 Å². The summed E-state index contributed by atoms with van der Waals surface area (Å²) in [6, 6.07) is 10.5. The van der Waals surface area contributed by atoms with Crippen molar-refractivity contribution in [2.45, 2.75) is 51.4 Å². The molecule has 0 spiro atoms. The van der Waals surface area contributed by atoms with Crippen LogP contribution in [0.4, 0.5) is 0 Å². The van der Waals surface area contributed by atoms with Gasteiger partial charge in [0.05, 0.1) is 0 Å². The summed E-state index contributed by atoms with van der Waals surface area (Å²) in [5.41, 5.74) is 1.35. The molecule has 17 heavy (non-hydrogen) atoms. The van der Waals surface area contributed by atoms with Gasteiger partial charge in [-0.3, -0.25) is 4.79 Å². The Morgan fingerprint density at radius 2 is 1.76 bits per heavy atom. The van der Waals surface area contributed by atoms with E-state index in [0.717, 1.165) is 32.1 Å². The third kappa shape index (κ3) is 3.99. The van der Waals surface area contributed by atoms with Crippen molar-refractivity contribution < 1.29 is 4.79 Å². The summed E-state index contributed by atoms with van der Waals surface area (Å²) in [5, 5.41) is 0. The number of rotatable bonds is 5. The van der Waals surface area contributed by atoms with Crippen LogP contribution in [0.2, 0.25) is 0 Å². The van der Waals surface area contributed by atoms with E-state index in [2.05, 4.69) is 24.3 Å². The molecular formula is C16H22O. The molecule has 1 aliphatic carbocycles. The van der Waals surface area contributed by atoms with Crippen LogP contribution in [0, 0.1) is 5.92 Å². The van der Waals surface area contributed by atoms with Gasteiger partial charge in [0.1, 0.15) is 5.78 Å². The number of aryl methyl sites for hydroxylation is 1. The first-order valence-corrected chi connectivity index (χ1v) is 6.93. The molecule has 0 bridgehead atoms. The Bertz CT molecular complexity index is 336. The molecule has 0 atom stereocenters. The molecule has 0 radical (unpaired) electrons. The van der Waals surface area contributed by atoms with Crippen LogP contribution < -0.4 is 0 Å². The molecule has 1 fully saturated rings. The lowest BCUT2D eigenvalue weighted by Crippen LogP contribution is -2.17. The van der Waals surface area contributed by atoms with Gasteiger partial charge in [0.2, 0.25) is 0 Å². The maximum absolute atomic E-state index is 12.0. The van der Waals surface area contributed by atoms with Crippen LogP contribution in [0.15, 0.2) is 30.3 Å². The van der Waals surface area contributed by atoms with Crippen LogP contribution in [0.3, 0.4) is 0 Å². The van der Waals surface area contributed by atoms with E-state index in [1.165, 1.54) is 24.8 Å². The lowest BCUT2D eigenvalue weighted by Gasteiger charge is -2.20. The zero-order chi connectivity index (χ0) is 11.9. The van der Waals surface area contributed by atoms with Gasteiger partial charge in [-0.15, -0.1) is 0 Å². The number of ketones is 1. The van der Waals surface area contributed by atoms with Crippen molar-refractivity contribution >= 4 is 5.78 Å². The minimum absolute atomic E-state index is 0.388. The van der Waals surface area contributed by atoms with Crippen molar-refractivity contribution in [2.24, 2.45) is 5.92 Å². The highest BCUT2D eigenvalue weighted by molar-refractivity contribution is 5.81.